The van der Waals surface area contributed by atoms with Gasteiger partial charge in [-0.1, -0.05) is 6.07 Å². The maximum absolute atomic E-state index is 12.9. The van der Waals surface area contributed by atoms with Gasteiger partial charge in [0, 0.05) is 9.78 Å². The Morgan fingerprint density at radius 1 is 1.07 bits per heavy atom. The molecule has 0 saturated carbocycles. The van der Waals surface area contributed by atoms with E-state index >= 15 is 0 Å². The summed E-state index contributed by atoms with van der Waals surface area (Å²) in [6.45, 7) is 0. The Morgan fingerprint density at radius 3 is 2.39 bits per heavy atom. The first-order chi connectivity index (χ1) is 13.2. The number of halogens is 4. The molecule has 2 aromatic carbocycles. The Balaban J connectivity index is 1.91. The molecule has 6 nitrogen and oxygen atoms in total. The lowest BCUT2D eigenvalue weighted by molar-refractivity contribution is -0.138. The Morgan fingerprint density at radius 2 is 1.75 bits per heavy atom. The van der Waals surface area contributed by atoms with Gasteiger partial charge in [-0.25, -0.2) is 9.69 Å². The van der Waals surface area contributed by atoms with Crippen LogP contribution >= 0.6 is 22.6 Å². The van der Waals surface area contributed by atoms with Gasteiger partial charge in [0.25, 0.3) is 5.91 Å². The minimum absolute atomic E-state index is 0.294. The summed E-state index contributed by atoms with van der Waals surface area (Å²) in [6.07, 6.45) is -3.58. The van der Waals surface area contributed by atoms with Crippen molar-refractivity contribution in [2.75, 3.05) is 4.90 Å². The van der Waals surface area contributed by atoms with E-state index < -0.39 is 35.5 Å². The molecule has 1 heterocycles. The van der Waals surface area contributed by atoms with Crippen molar-refractivity contribution in [3.63, 3.8) is 0 Å². The Kier molecular flexibility index (Phi) is 5.49. The molecule has 1 atom stereocenters. The molecule has 4 amide bonds. The van der Waals surface area contributed by atoms with Crippen molar-refractivity contribution in [2.24, 2.45) is 10.9 Å². The second kappa shape index (κ2) is 7.70. The number of anilines is 1. The normalized spacial score (nSPS) is 17.9. The molecule has 0 unspecified atom stereocenters. The predicted molar refractivity (Wildman–Crippen MR) is 103 cm³/mol. The molecule has 0 spiro atoms. The van der Waals surface area contributed by atoms with Gasteiger partial charge in [-0.15, -0.1) is 0 Å². The van der Waals surface area contributed by atoms with Crippen LogP contribution in [0.25, 0.3) is 0 Å². The van der Waals surface area contributed by atoms with Gasteiger partial charge in [0.05, 0.1) is 16.9 Å². The second-order valence-electron chi connectivity index (χ2n) is 5.75. The maximum Gasteiger partial charge on any atom is 0.416 e. The highest BCUT2D eigenvalue weighted by atomic mass is 127. The Hall–Kier alpha value is -2.76. The van der Waals surface area contributed by atoms with E-state index in [1.807, 2.05) is 5.32 Å². The Labute approximate surface area is 170 Å². The first-order valence-corrected chi connectivity index (χ1v) is 8.90. The van der Waals surface area contributed by atoms with Crippen molar-refractivity contribution >= 4 is 58.0 Å². The molecule has 1 aliphatic rings. The molecule has 0 radical (unpaired) electrons. The number of alkyl halides is 3. The van der Waals surface area contributed by atoms with Crippen LogP contribution in [0.15, 0.2) is 53.5 Å². The van der Waals surface area contributed by atoms with Gasteiger partial charge in [-0.2, -0.15) is 13.2 Å². The number of nitrogens with one attached hydrogen (secondary N) is 1. The number of rotatable bonds is 3. The molecule has 1 saturated heterocycles. The fourth-order valence-corrected chi connectivity index (χ4v) is 2.83. The number of urea groups is 1. The molecule has 28 heavy (non-hydrogen) atoms. The minimum Gasteiger partial charge on any atom is -0.276 e. The number of aliphatic imine (C=N–C) groups is 1. The van der Waals surface area contributed by atoms with E-state index in [9.17, 15) is 27.6 Å². The quantitative estimate of drug-likeness (QED) is 0.394. The van der Waals surface area contributed by atoms with E-state index in [4.69, 9.17) is 0 Å². The van der Waals surface area contributed by atoms with Crippen LogP contribution in [0.4, 0.5) is 29.3 Å². The molecule has 0 aliphatic carbocycles. The van der Waals surface area contributed by atoms with Crippen molar-refractivity contribution in [3.05, 3.63) is 57.7 Å². The van der Waals surface area contributed by atoms with Crippen molar-refractivity contribution in [3.8, 4) is 0 Å². The highest BCUT2D eigenvalue weighted by molar-refractivity contribution is 14.1. The number of nitrogens with zero attached hydrogens (tertiary/aromatic N) is 2. The van der Waals surface area contributed by atoms with Gasteiger partial charge in [0.15, 0.2) is 5.92 Å². The average Bonchev–Trinajstić information content (AvgIpc) is 2.62. The van der Waals surface area contributed by atoms with Crippen LogP contribution in [-0.4, -0.2) is 24.1 Å². The smallest absolute Gasteiger partial charge is 0.276 e. The van der Waals surface area contributed by atoms with Gasteiger partial charge >= 0.3 is 12.2 Å². The summed E-state index contributed by atoms with van der Waals surface area (Å²) >= 11 is 2.10. The summed E-state index contributed by atoms with van der Waals surface area (Å²) in [6, 6.07) is 9.49. The topological polar surface area (TPSA) is 78.8 Å². The van der Waals surface area contributed by atoms with Gasteiger partial charge < -0.3 is 0 Å². The fraction of sp³-hybridized carbons (Fsp3) is 0.111. The zero-order valence-corrected chi connectivity index (χ0v) is 16.1. The van der Waals surface area contributed by atoms with Gasteiger partial charge in [0.2, 0.25) is 5.91 Å². The van der Waals surface area contributed by atoms with E-state index in [-0.39, 0.29) is 5.69 Å². The predicted octanol–water partition coefficient (Wildman–Crippen LogP) is 3.91. The van der Waals surface area contributed by atoms with Crippen LogP contribution in [0.1, 0.15) is 5.56 Å². The first kappa shape index (κ1) is 20.0. The lowest BCUT2D eigenvalue weighted by atomic mass is 10.1. The van der Waals surface area contributed by atoms with E-state index in [2.05, 4.69) is 27.6 Å². The monoisotopic (exact) mass is 501 g/mol. The second-order valence-corrected chi connectivity index (χ2v) is 6.99. The largest absolute Gasteiger partial charge is 0.416 e. The zero-order valence-electron chi connectivity index (χ0n) is 13.9. The molecule has 0 aromatic heterocycles. The lowest BCUT2D eigenvalue weighted by Gasteiger charge is -2.28. The van der Waals surface area contributed by atoms with Crippen LogP contribution < -0.4 is 10.2 Å². The van der Waals surface area contributed by atoms with Crippen molar-refractivity contribution in [2.45, 2.75) is 6.18 Å². The van der Waals surface area contributed by atoms with Crippen LogP contribution in [0.5, 0.6) is 0 Å². The van der Waals surface area contributed by atoms with Crippen LogP contribution in [-0.2, 0) is 15.8 Å². The molecule has 0 bridgehead atoms. The highest BCUT2D eigenvalue weighted by Gasteiger charge is 2.41. The number of benzene rings is 2. The molecular formula is C18H11F3IN3O3. The third kappa shape index (κ3) is 4.21. The number of hydrogen-bond acceptors (Lipinski definition) is 4. The van der Waals surface area contributed by atoms with Gasteiger partial charge in [-0.3, -0.25) is 19.9 Å². The SMILES string of the molecule is O=C1NC(=O)N(c2cccc(C(F)(F)F)c2)C(=O)[C@H]1C=Nc1ccc(I)cc1. The molecule has 144 valence electrons. The number of carbonyl (C=O) groups excluding carboxylic acids is 3. The lowest BCUT2D eigenvalue weighted by Crippen LogP contribution is -2.58. The molecular weight excluding hydrogens is 490 g/mol. The number of barbiturate groups is 1. The standard InChI is InChI=1S/C18H11F3IN3O3/c19-18(20,21)10-2-1-3-13(8-10)25-16(27)14(15(26)24-17(25)28)9-23-12-6-4-11(22)5-7-12/h1-9,14H,(H,24,26,28)/t14-/m0/s1. The number of hydrogen-bond donors (Lipinski definition) is 1. The van der Waals surface area contributed by atoms with E-state index in [0.717, 1.165) is 21.9 Å². The molecule has 1 N–H and O–H groups in total. The average molecular weight is 501 g/mol. The fourth-order valence-electron chi connectivity index (χ4n) is 2.48. The van der Waals surface area contributed by atoms with Crippen LogP contribution in [0.2, 0.25) is 0 Å². The van der Waals surface area contributed by atoms with Crippen molar-refractivity contribution < 1.29 is 27.6 Å². The molecule has 1 aliphatic heterocycles. The summed E-state index contributed by atoms with van der Waals surface area (Å²) < 4.78 is 39.7. The number of carbonyl (C=O) groups is 3. The summed E-state index contributed by atoms with van der Waals surface area (Å²) in [4.78, 5) is 41.3. The molecule has 3 rings (SSSR count). The summed E-state index contributed by atoms with van der Waals surface area (Å²) in [5.41, 5.74) is -0.840. The summed E-state index contributed by atoms with van der Waals surface area (Å²) in [5, 5.41) is 1.97. The third-order valence-corrected chi connectivity index (χ3v) is 4.55. The van der Waals surface area contributed by atoms with Gasteiger partial charge in [0.1, 0.15) is 0 Å². The van der Waals surface area contributed by atoms with Crippen molar-refractivity contribution in [1.29, 1.82) is 0 Å². The number of imide groups is 2. The maximum atomic E-state index is 12.9. The van der Waals surface area contributed by atoms with E-state index in [0.29, 0.717) is 16.7 Å². The minimum atomic E-state index is -4.65. The highest BCUT2D eigenvalue weighted by Crippen LogP contribution is 2.32. The van der Waals surface area contributed by atoms with E-state index in [1.165, 1.54) is 6.07 Å². The summed E-state index contributed by atoms with van der Waals surface area (Å²) in [7, 11) is 0. The van der Waals surface area contributed by atoms with Crippen LogP contribution in [0.3, 0.4) is 0 Å². The first-order valence-electron chi connectivity index (χ1n) is 7.82. The van der Waals surface area contributed by atoms with E-state index in [1.54, 1.807) is 24.3 Å². The van der Waals surface area contributed by atoms with Gasteiger partial charge in [-0.05, 0) is 65.1 Å². The molecule has 2 aromatic rings. The van der Waals surface area contributed by atoms with Crippen molar-refractivity contribution in [1.82, 2.24) is 5.32 Å². The van der Waals surface area contributed by atoms with Crippen LogP contribution in [0, 0.1) is 9.49 Å². The zero-order chi connectivity index (χ0) is 20.5. The third-order valence-electron chi connectivity index (χ3n) is 3.83. The summed E-state index contributed by atoms with van der Waals surface area (Å²) in [5.74, 6) is -3.33. The Bertz CT molecular complexity index is 974. The number of amides is 4. The molecule has 1 fully saturated rings. The molecule has 10 heteroatoms.